The van der Waals surface area contributed by atoms with E-state index in [1.807, 2.05) is 0 Å². The van der Waals surface area contributed by atoms with Crippen molar-refractivity contribution in [2.75, 3.05) is 0 Å². The zero-order chi connectivity index (χ0) is 15.7. The van der Waals surface area contributed by atoms with Gasteiger partial charge in [0, 0.05) is 22.9 Å². The van der Waals surface area contributed by atoms with Crippen molar-refractivity contribution < 1.29 is 4.92 Å². The Morgan fingerprint density at radius 2 is 1.90 bits per heavy atom. The summed E-state index contributed by atoms with van der Waals surface area (Å²) < 4.78 is 0. The molecular weight excluding hydrogens is 317 g/mol. The second-order valence-electron chi connectivity index (χ2n) is 4.22. The average molecular weight is 324 g/mol. The van der Waals surface area contributed by atoms with E-state index in [9.17, 15) is 14.9 Å². The topological polar surface area (TPSA) is 99.8 Å². The summed E-state index contributed by atoms with van der Waals surface area (Å²) in [5.74, 6) is 0. The number of aryl methyl sites for hydroxylation is 1. The second-order valence-corrected chi connectivity index (χ2v) is 5.04. The van der Waals surface area contributed by atoms with E-state index in [-0.39, 0.29) is 32.4 Å². The Kier molecular flexibility index (Phi) is 3.98. The summed E-state index contributed by atoms with van der Waals surface area (Å²) in [6, 6.07) is 5.67. The minimum Gasteiger partial charge on any atom is -0.325 e. The zero-order valence-electron chi connectivity index (χ0n) is 10.6. The molecule has 0 radical (unpaired) electrons. The lowest BCUT2D eigenvalue weighted by Crippen LogP contribution is -2.12. The maximum Gasteiger partial charge on any atom is 0.288 e. The number of nitrogens with one attached hydrogen (secondary N) is 1. The van der Waals surface area contributed by atoms with Crippen molar-refractivity contribution in [2.24, 2.45) is 0 Å². The van der Waals surface area contributed by atoms with Crippen LogP contribution in [0.1, 0.15) is 11.3 Å². The van der Waals surface area contributed by atoms with Crippen molar-refractivity contribution >= 4 is 28.9 Å². The van der Waals surface area contributed by atoms with Crippen molar-refractivity contribution in [2.45, 2.75) is 6.92 Å². The smallest absolute Gasteiger partial charge is 0.288 e. The number of hydrogen-bond donors (Lipinski definition) is 1. The van der Waals surface area contributed by atoms with Gasteiger partial charge in [-0.3, -0.25) is 14.9 Å². The molecule has 0 aliphatic heterocycles. The molecule has 0 fully saturated rings. The largest absolute Gasteiger partial charge is 0.325 e. The van der Waals surface area contributed by atoms with Gasteiger partial charge in [-0.05, 0) is 19.1 Å². The van der Waals surface area contributed by atoms with E-state index in [1.54, 1.807) is 13.0 Å². The molecule has 0 saturated heterocycles. The molecular formula is C13H7Cl2N3O3. The van der Waals surface area contributed by atoms with Crippen molar-refractivity contribution in [3.8, 4) is 17.2 Å². The molecule has 0 aliphatic carbocycles. The van der Waals surface area contributed by atoms with Crippen LogP contribution in [0, 0.1) is 28.4 Å². The number of nitro groups is 1. The zero-order valence-corrected chi connectivity index (χ0v) is 12.1. The van der Waals surface area contributed by atoms with Gasteiger partial charge >= 0.3 is 0 Å². The maximum atomic E-state index is 11.8. The van der Waals surface area contributed by atoms with Gasteiger partial charge in [0.2, 0.25) is 0 Å². The third-order valence-corrected chi connectivity index (χ3v) is 3.42. The molecule has 6 nitrogen and oxygen atoms in total. The Morgan fingerprint density at radius 3 is 2.48 bits per heavy atom. The number of nitriles is 1. The Morgan fingerprint density at radius 1 is 1.24 bits per heavy atom. The molecule has 2 rings (SSSR count). The third-order valence-electron chi connectivity index (χ3n) is 2.80. The van der Waals surface area contributed by atoms with Gasteiger partial charge in [0.25, 0.3) is 11.2 Å². The van der Waals surface area contributed by atoms with Crippen molar-refractivity contribution in [3.05, 3.63) is 60.0 Å². The van der Waals surface area contributed by atoms with Gasteiger partial charge in [0.1, 0.15) is 16.7 Å². The number of aromatic nitrogens is 1. The summed E-state index contributed by atoms with van der Waals surface area (Å²) >= 11 is 11.8. The van der Waals surface area contributed by atoms with Gasteiger partial charge in [-0.15, -0.1) is 0 Å². The standard InChI is InChI=1S/C13H7Cl2N3O3/c1-6-2-7(9(5-16)13(19)17-6)8-3-12(18(20)21)11(15)4-10(8)14/h2-4H,1H3,(H,17,19). The lowest BCUT2D eigenvalue weighted by molar-refractivity contribution is -0.384. The van der Waals surface area contributed by atoms with Crippen LogP contribution in [0.5, 0.6) is 0 Å². The number of H-pyrrole nitrogens is 1. The number of aromatic amines is 1. The fraction of sp³-hybridized carbons (Fsp3) is 0.0769. The lowest BCUT2D eigenvalue weighted by Gasteiger charge is -2.08. The minimum atomic E-state index is -0.658. The SMILES string of the molecule is Cc1cc(-c2cc([N+](=O)[O-])c(Cl)cc2Cl)c(C#N)c(=O)[nH]1. The molecule has 0 amide bonds. The summed E-state index contributed by atoms with van der Waals surface area (Å²) in [5.41, 5.74) is -0.164. The first-order valence-electron chi connectivity index (χ1n) is 5.63. The van der Waals surface area contributed by atoms with Gasteiger partial charge in [-0.2, -0.15) is 5.26 Å². The highest BCUT2D eigenvalue weighted by atomic mass is 35.5. The number of pyridine rings is 1. The summed E-state index contributed by atoms with van der Waals surface area (Å²) in [5, 5.41) is 20.1. The molecule has 0 spiro atoms. The second kappa shape index (κ2) is 5.56. The van der Waals surface area contributed by atoms with E-state index in [0.717, 1.165) is 6.07 Å². The fourth-order valence-electron chi connectivity index (χ4n) is 1.90. The third kappa shape index (κ3) is 2.75. The molecule has 0 saturated carbocycles. The van der Waals surface area contributed by atoms with Crippen LogP contribution in [-0.4, -0.2) is 9.91 Å². The molecule has 106 valence electrons. The van der Waals surface area contributed by atoms with E-state index in [2.05, 4.69) is 4.98 Å². The summed E-state index contributed by atoms with van der Waals surface area (Å²) in [6.07, 6.45) is 0. The van der Waals surface area contributed by atoms with Crippen LogP contribution in [0.25, 0.3) is 11.1 Å². The van der Waals surface area contributed by atoms with E-state index in [4.69, 9.17) is 28.5 Å². The van der Waals surface area contributed by atoms with E-state index < -0.39 is 10.5 Å². The van der Waals surface area contributed by atoms with Gasteiger partial charge in [-0.1, -0.05) is 23.2 Å². The molecule has 0 unspecified atom stereocenters. The highest BCUT2D eigenvalue weighted by Crippen LogP contribution is 2.37. The molecule has 21 heavy (non-hydrogen) atoms. The molecule has 1 aromatic carbocycles. The van der Waals surface area contributed by atoms with E-state index in [0.29, 0.717) is 5.69 Å². The molecule has 0 aliphatic rings. The van der Waals surface area contributed by atoms with Gasteiger partial charge < -0.3 is 4.98 Å². The summed E-state index contributed by atoms with van der Waals surface area (Å²) in [7, 11) is 0. The van der Waals surface area contributed by atoms with Crippen LogP contribution >= 0.6 is 23.2 Å². The van der Waals surface area contributed by atoms with Crippen LogP contribution in [0.4, 0.5) is 5.69 Å². The predicted octanol–water partition coefficient (Wildman–Crippen LogP) is 3.44. The molecule has 1 N–H and O–H groups in total. The van der Waals surface area contributed by atoms with E-state index in [1.165, 1.54) is 12.1 Å². The first-order valence-corrected chi connectivity index (χ1v) is 6.38. The van der Waals surface area contributed by atoms with Crippen LogP contribution < -0.4 is 5.56 Å². The number of halogens is 2. The summed E-state index contributed by atoms with van der Waals surface area (Å²) in [4.78, 5) is 24.6. The monoisotopic (exact) mass is 323 g/mol. The van der Waals surface area contributed by atoms with Crippen LogP contribution in [0.3, 0.4) is 0 Å². The number of nitro benzene ring substituents is 1. The molecule has 8 heteroatoms. The average Bonchev–Trinajstić information content (AvgIpc) is 2.37. The van der Waals surface area contributed by atoms with Crippen LogP contribution in [-0.2, 0) is 0 Å². The van der Waals surface area contributed by atoms with Gasteiger partial charge in [0.15, 0.2) is 0 Å². The highest BCUT2D eigenvalue weighted by Gasteiger charge is 2.20. The fourth-order valence-corrected chi connectivity index (χ4v) is 2.45. The van der Waals surface area contributed by atoms with Crippen LogP contribution in [0.15, 0.2) is 23.0 Å². The predicted molar refractivity (Wildman–Crippen MR) is 78.6 cm³/mol. The Labute approximate surface area is 128 Å². The van der Waals surface area contributed by atoms with Gasteiger partial charge in [-0.25, -0.2) is 0 Å². The normalized spacial score (nSPS) is 10.2. The Hall–Kier alpha value is -2.36. The van der Waals surface area contributed by atoms with Gasteiger partial charge in [0.05, 0.1) is 9.95 Å². The highest BCUT2D eigenvalue weighted by molar-refractivity contribution is 6.37. The minimum absolute atomic E-state index is 0.117. The summed E-state index contributed by atoms with van der Waals surface area (Å²) in [6.45, 7) is 1.63. The number of nitrogens with zero attached hydrogens (tertiary/aromatic N) is 2. The molecule has 1 heterocycles. The quantitative estimate of drug-likeness (QED) is 0.675. The van der Waals surface area contributed by atoms with Crippen molar-refractivity contribution in [1.29, 1.82) is 5.26 Å². The number of rotatable bonds is 2. The molecule has 0 atom stereocenters. The molecule has 0 bridgehead atoms. The molecule has 2 aromatic rings. The van der Waals surface area contributed by atoms with E-state index >= 15 is 0 Å². The van der Waals surface area contributed by atoms with Crippen LogP contribution in [0.2, 0.25) is 10.0 Å². The number of benzene rings is 1. The first-order chi connectivity index (χ1) is 9.85. The Balaban J connectivity index is 2.85. The molecule has 1 aromatic heterocycles. The number of hydrogen-bond acceptors (Lipinski definition) is 4. The maximum absolute atomic E-state index is 11.8. The van der Waals surface area contributed by atoms with Crippen molar-refractivity contribution in [1.82, 2.24) is 4.98 Å². The van der Waals surface area contributed by atoms with Crippen molar-refractivity contribution in [3.63, 3.8) is 0 Å². The Bertz CT molecular complexity index is 853. The lowest BCUT2D eigenvalue weighted by atomic mass is 10.0. The first kappa shape index (κ1) is 15.0.